The number of carbonyl (C=O) groups is 1. The molecule has 0 radical (unpaired) electrons. The second kappa shape index (κ2) is 7.59. The minimum absolute atomic E-state index is 0.0147. The number of hydrogen-bond acceptors (Lipinski definition) is 3. The van der Waals surface area contributed by atoms with Crippen molar-refractivity contribution in [3.05, 3.63) is 45.8 Å². The molecule has 2 aliphatic heterocycles. The van der Waals surface area contributed by atoms with E-state index in [0.717, 1.165) is 40.5 Å². The summed E-state index contributed by atoms with van der Waals surface area (Å²) in [6.45, 7) is 3.41. The van der Waals surface area contributed by atoms with Gasteiger partial charge in [-0.25, -0.2) is 9.78 Å². The predicted molar refractivity (Wildman–Crippen MR) is 118 cm³/mol. The molecule has 0 unspecified atom stereocenters. The summed E-state index contributed by atoms with van der Waals surface area (Å²) in [4.78, 5) is 30.4. The van der Waals surface area contributed by atoms with E-state index in [2.05, 4.69) is 52.1 Å². The third-order valence-electron chi connectivity index (χ3n) is 6.17. The molecule has 1 aliphatic carbocycles. The van der Waals surface area contributed by atoms with Gasteiger partial charge in [0.15, 0.2) is 11.7 Å². The molecule has 2 amide bonds. The van der Waals surface area contributed by atoms with E-state index in [0.29, 0.717) is 19.0 Å². The Morgan fingerprint density at radius 3 is 2.69 bits per heavy atom. The van der Waals surface area contributed by atoms with Crippen LogP contribution in [0.2, 0.25) is 0 Å². The second-order valence-electron chi connectivity index (χ2n) is 8.28. The Labute approximate surface area is 179 Å². The number of imidazole rings is 1. The molecule has 1 saturated carbocycles. The number of nitrogens with zero attached hydrogens (tertiary/aromatic N) is 4. The third kappa shape index (κ3) is 3.39. The van der Waals surface area contributed by atoms with E-state index in [1.54, 1.807) is 0 Å². The fourth-order valence-corrected chi connectivity index (χ4v) is 5.00. The number of nitrogens with one attached hydrogen (secondary N) is 1. The number of amides is 2. The van der Waals surface area contributed by atoms with Crippen LogP contribution < -0.4 is 4.90 Å². The quantitative estimate of drug-likeness (QED) is 0.699. The summed E-state index contributed by atoms with van der Waals surface area (Å²) in [5, 5.41) is 0. The summed E-state index contributed by atoms with van der Waals surface area (Å²) in [7, 11) is 0. The normalized spacial score (nSPS) is 21.5. The molecule has 1 aromatic carbocycles. The molecule has 7 heteroatoms. The second-order valence-corrected chi connectivity index (χ2v) is 9.20. The van der Waals surface area contributed by atoms with Gasteiger partial charge in [0, 0.05) is 16.9 Å². The lowest BCUT2D eigenvalue weighted by atomic mass is 10.1. The van der Waals surface area contributed by atoms with Crippen molar-refractivity contribution in [2.75, 3.05) is 18.0 Å². The van der Waals surface area contributed by atoms with Crippen molar-refractivity contribution in [3.8, 4) is 0 Å². The van der Waals surface area contributed by atoms with Crippen LogP contribution in [0.1, 0.15) is 62.0 Å². The van der Waals surface area contributed by atoms with Crippen LogP contribution >= 0.6 is 15.9 Å². The molecular formula is C22H26BrN5O. The van der Waals surface area contributed by atoms with Gasteiger partial charge in [-0.3, -0.25) is 14.8 Å². The third-order valence-corrected chi connectivity index (χ3v) is 6.70. The maximum atomic E-state index is 13.2. The minimum atomic E-state index is 0.0147. The molecule has 29 heavy (non-hydrogen) atoms. The van der Waals surface area contributed by atoms with Crippen LogP contribution in [0.3, 0.4) is 0 Å². The van der Waals surface area contributed by atoms with Gasteiger partial charge in [-0.05, 0) is 43.4 Å². The molecule has 1 atom stereocenters. The first kappa shape index (κ1) is 18.9. The Morgan fingerprint density at radius 2 is 1.97 bits per heavy atom. The lowest BCUT2D eigenvalue weighted by Gasteiger charge is -2.32. The van der Waals surface area contributed by atoms with E-state index in [1.807, 2.05) is 9.80 Å². The number of rotatable bonds is 5. The van der Waals surface area contributed by atoms with Gasteiger partial charge in [0.2, 0.25) is 0 Å². The van der Waals surface area contributed by atoms with Gasteiger partial charge in [0.1, 0.15) is 11.5 Å². The molecule has 6 nitrogen and oxygen atoms in total. The molecular weight excluding hydrogens is 430 g/mol. The molecule has 1 aromatic heterocycles. The van der Waals surface area contributed by atoms with Crippen molar-refractivity contribution in [3.63, 3.8) is 0 Å². The van der Waals surface area contributed by atoms with Crippen LogP contribution in [0.15, 0.2) is 33.7 Å². The number of aromatic amines is 1. The molecule has 2 aromatic rings. The van der Waals surface area contributed by atoms with Crippen LogP contribution in [0.5, 0.6) is 0 Å². The number of aromatic nitrogens is 2. The average Bonchev–Trinajstić information content (AvgIpc) is 3.45. The van der Waals surface area contributed by atoms with Crippen LogP contribution in [0, 0.1) is 0 Å². The van der Waals surface area contributed by atoms with Crippen molar-refractivity contribution in [2.24, 2.45) is 4.99 Å². The first-order valence-electron chi connectivity index (χ1n) is 10.7. The van der Waals surface area contributed by atoms with E-state index in [4.69, 9.17) is 9.98 Å². The zero-order valence-electron chi connectivity index (χ0n) is 16.7. The van der Waals surface area contributed by atoms with Gasteiger partial charge in [-0.15, -0.1) is 0 Å². The fourth-order valence-electron chi connectivity index (χ4n) is 4.74. The van der Waals surface area contributed by atoms with Crippen molar-refractivity contribution >= 4 is 33.6 Å². The summed E-state index contributed by atoms with van der Waals surface area (Å²) in [6.07, 6.45) is 6.60. The predicted octanol–water partition coefficient (Wildman–Crippen LogP) is 4.85. The molecule has 3 aliphatic rings. The van der Waals surface area contributed by atoms with Crippen molar-refractivity contribution in [1.82, 2.24) is 14.9 Å². The van der Waals surface area contributed by atoms with Crippen molar-refractivity contribution in [2.45, 2.75) is 57.4 Å². The van der Waals surface area contributed by atoms with Gasteiger partial charge in [-0.2, -0.15) is 0 Å². The van der Waals surface area contributed by atoms with Crippen molar-refractivity contribution < 1.29 is 4.79 Å². The van der Waals surface area contributed by atoms with E-state index >= 15 is 0 Å². The van der Waals surface area contributed by atoms with E-state index in [1.165, 1.54) is 31.2 Å². The van der Waals surface area contributed by atoms with Gasteiger partial charge in [0.25, 0.3) is 0 Å². The zero-order chi connectivity index (χ0) is 20.0. The maximum Gasteiger partial charge on any atom is 0.331 e. The Balaban J connectivity index is 1.47. The Hall–Kier alpha value is -2.15. The molecule has 3 heterocycles. The first-order valence-corrected chi connectivity index (χ1v) is 11.4. The molecule has 0 saturated heterocycles. The lowest BCUT2D eigenvalue weighted by molar-refractivity contribution is 0.226. The van der Waals surface area contributed by atoms with Crippen LogP contribution in [0.4, 0.5) is 10.6 Å². The SMILES string of the molecule is CCCN1C(=O)N2C[C@@H](Cc3ccc(Br)cc3)N=C2c2[nH]c(C3CCCC3)nc21. The largest absolute Gasteiger partial charge is 0.337 e. The summed E-state index contributed by atoms with van der Waals surface area (Å²) >= 11 is 3.49. The maximum absolute atomic E-state index is 13.2. The van der Waals surface area contributed by atoms with E-state index in [9.17, 15) is 4.79 Å². The van der Waals surface area contributed by atoms with Crippen LogP contribution in [-0.4, -0.2) is 45.9 Å². The summed E-state index contributed by atoms with van der Waals surface area (Å²) in [5.41, 5.74) is 2.16. The molecule has 1 N–H and O–H groups in total. The number of urea groups is 1. The summed E-state index contributed by atoms with van der Waals surface area (Å²) < 4.78 is 1.07. The van der Waals surface area contributed by atoms with Crippen LogP contribution in [-0.2, 0) is 6.42 Å². The zero-order valence-corrected chi connectivity index (χ0v) is 18.3. The molecule has 0 bridgehead atoms. The number of amidine groups is 1. The first-order chi connectivity index (χ1) is 14.1. The van der Waals surface area contributed by atoms with E-state index < -0.39 is 0 Å². The molecule has 1 fully saturated rings. The highest BCUT2D eigenvalue weighted by atomic mass is 79.9. The lowest BCUT2D eigenvalue weighted by Crippen LogP contribution is -2.50. The highest BCUT2D eigenvalue weighted by Gasteiger charge is 2.42. The Bertz CT molecular complexity index is 945. The summed E-state index contributed by atoms with van der Waals surface area (Å²) in [5.74, 6) is 3.06. The number of hydrogen-bond donors (Lipinski definition) is 1. The van der Waals surface area contributed by atoms with Gasteiger partial charge in [-0.1, -0.05) is 47.8 Å². The Kier molecular flexibility index (Phi) is 4.94. The monoisotopic (exact) mass is 455 g/mol. The number of benzene rings is 1. The van der Waals surface area contributed by atoms with Crippen LogP contribution in [0.25, 0.3) is 0 Å². The topological polar surface area (TPSA) is 64.6 Å². The van der Waals surface area contributed by atoms with Gasteiger partial charge >= 0.3 is 6.03 Å². The number of anilines is 1. The number of aliphatic imine (C=N–C) groups is 1. The number of carbonyl (C=O) groups excluding carboxylic acids is 1. The van der Waals surface area contributed by atoms with Crippen molar-refractivity contribution in [1.29, 1.82) is 0 Å². The van der Waals surface area contributed by atoms with Gasteiger partial charge in [0.05, 0.1) is 12.6 Å². The number of H-pyrrole nitrogens is 1. The summed E-state index contributed by atoms with van der Waals surface area (Å²) in [6, 6.07) is 8.43. The highest BCUT2D eigenvalue weighted by molar-refractivity contribution is 9.10. The standard InChI is InChI=1S/C22H26BrN5O/c1-2-11-27-21-18(25-19(26-21)15-5-3-4-6-15)20-24-17(13-28(20)22(27)29)12-14-7-9-16(23)10-8-14/h7-10,15,17H,2-6,11-13H2,1H3,(H,25,26)/t17-/m1/s1. The molecule has 5 rings (SSSR count). The number of halogens is 1. The fraction of sp³-hybridized carbons (Fsp3) is 0.500. The highest BCUT2D eigenvalue weighted by Crippen LogP contribution is 2.37. The average molecular weight is 456 g/mol. The smallest absolute Gasteiger partial charge is 0.331 e. The Morgan fingerprint density at radius 1 is 1.21 bits per heavy atom. The molecule has 0 spiro atoms. The minimum Gasteiger partial charge on any atom is -0.337 e. The van der Waals surface area contributed by atoms with Gasteiger partial charge < -0.3 is 4.98 Å². The number of fused-ring (bicyclic) bond motifs is 3. The van der Waals surface area contributed by atoms with E-state index in [-0.39, 0.29) is 12.1 Å². The molecule has 152 valence electrons.